The molecule has 0 saturated heterocycles. The molecule has 140 valence electrons. The van der Waals surface area contributed by atoms with Gasteiger partial charge in [-0.2, -0.15) is 0 Å². The molecule has 3 aromatic rings. The highest BCUT2D eigenvalue weighted by molar-refractivity contribution is 5.97. The number of hydrogen-bond acceptors (Lipinski definition) is 4. The molecule has 0 aliphatic rings. The number of amides is 1. The summed E-state index contributed by atoms with van der Waals surface area (Å²) in [4.78, 5) is 21.5. The maximum atomic E-state index is 12.4. The quantitative estimate of drug-likeness (QED) is 0.644. The molecule has 2 aromatic carbocycles. The van der Waals surface area contributed by atoms with E-state index in [-0.39, 0.29) is 5.91 Å². The molecule has 5 nitrogen and oxygen atoms in total. The normalized spacial score (nSPS) is 10.8. The fraction of sp³-hybridized carbons (Fsp3) is 0.318. The second-order valence-corrected chi connectivity index (χ2v) is 6.50. The van der Waals surface area contributed by atoms with E-state index in [0.717, 1.165) is 41.0 Å². The fourth-order valence-corrected chi connectivity index (χ4v) is 2.96. The Morgan fingerprint density at radius 3 is 2.56 bits per heavy atom. The first-order valence-electron chi connectivity index (χ1n) is 9.32. The van der Waals surface area contributed by atoms with Crippen molar-refractivity contribution < 1.29 is 9.53 Å². The largest absolute Gasteiger partial charge is 0.494 e. The summed E-state index contributed by atoms with van der Waals surface area (Å²) in [5.41, 5.74) is 5.12. The predicted molar refractivity (Wildman–Crippen MR) is 107 cm³/mol. The summed E-state index contributed by atoms with van der Waals surface area (Å²) in [5, 5.41) is 2.98. The van der Waals surface area contributed by atoms with Gasteiger partial charge < -0.3 is 10.1 Å². The fourth-order valence-electron chi connectivity index (χ4n) is 2.96. The van der Waals surface area contributed by atoms with Gasteiger partial charge in [0, 0.05) is 12.1 Å². The van der Waals surface area contributed by atoms with Crippen LogP contribution in [0.1, 0.15) is 40.7 Å². The molecule has 3 rings (SSSR count). The van der Waals surface area contributed by atoms with Crippen molar-refractivity contribution in [2.75, 3.05) is 13.2 Å². The summed E-state index contributed by atoms with van der Waals surface area (Å²) in [6.45, 7) is 7.10. The topological polar surface area (TPSA) is 64.1 Å². The SMILES string of the molecule is CCOc1ccccc1CCCNC(=O)c1ccc2nc(C)c(C)nc2c1. The second kappa shape index (κ2) is 8.62. The van der Waals surface area contributed by atoms with Crippen molar-refractivity contribution in [3.05, 3.63) is 65.0 Å². The van der Waals surface area contributed by atoms with Crippen LogP contribution in [0.4, 0.5) is 0 Å². The second-order valence-electron chi connectivity index (χ2n) is 6.50. The van der Waals surface area contributed by atoms with Crippen molar-refractivity contribution in [2.45, 2.75) is 33.6 Å². The van der Waals surface area contributed by atoms with Crippen molar-refractivity contribution in [3.63, 3.8) is 0 Å². The van der Waals surface area contributed by atoms with Crippen LogP contribution in [-0.2, 0) is 6.42 Å². The zero-order valence-electron chi connectivity index (χ0n) is 16.1. The van der Waals surface area contributed by atoms with E-state index in [2.05, 4.69) is 21.4 Å². The van der Waals surface area contributed by atoms with Crippen LogP contribution in [0.25, 0.3) is 11.0 Å². The van der Waals surface area contributed by atoms with Crippen molar-refractivity contribution in [1.29, 1.82) is 0 Å². The molecule has 0 atom stereocenters. The average Bonchev–Trinajstić information content (AvgIpc) is 2.67. The van der Waals surface area contributed by atoms with Crippen LogP contribution in [0.5, 0.6) is 5.75 Å². The molecule has 27 heavy (non-hydrogen) atoms. The molecule has 0 aliphatic carbocycles. The minimum absolute atomic E-state index is 0.0879. The van der Waals surface area contributed by atoms with Crippen LogP contribution in [0.15, 0.2) is 42.5 Å². The number of nitrogens with one attached hydrogen (secondary N) is 1. The van der Waals surface area contributed by atoms with E-state index in [1.807, 2.05) is 45.0 Å². The van der Waals surface area contributed by atoms with Crippen molar-refractivity contribution >= 4 is 16.9 Å². The highest BCUT2D eigenvalue weighted by atomic mass is 16.5. The van der Waals surface area contributed by atoms with Crippen molar-refractivity contribution in [1.82, 2.24) is 15.3 Å². The number of hydrogen-bond donors (Lipinski definition) is 1. The molecule has 0 unspecified atom stereocenters. The summed E-state index contributed by atoms with van der Waals surface area (Å²) < 4.78 is 5.64. The van der Waals surface area contributed by atoms with Crippen LogP contribution >= 0.6 is 0 Å². The van der Waals surface area contributed by atoms with Crippen molar-refractivity contribution in [3.8, 4) is 5.75 Å². The Labute approximate surface area is 159 Å². The maximum Gasteiger partial charge on any atom is 0.251 e. The highest BCUT2D eigenvalue weighted by Gasteiger charge is 2.09. The van der Waals surface area contributed by atoms with Gasteiger partial charge in [-0.3, -0.25) is 4.79 Å². The van der Waals surface area contributed by atoms with Crippen LogP contribution in [0, 0.1) is 13.8 Å². The van der Waals surface area contributed by atoms with Crippen molar-refractivity contribution in [2.24, 2.45) is 0 Å². The maximum absolute atomic E-state index is 12.4. The number of aryl methyl sites for hydroxylation is 3. The molecule has 0 radical (unpaired) electrons. The molecule has 5 heteroatoms. The number of para-hydroxylation sites is 1. The molecule has 1 aromatic heterocycles. The number of aromatic nitrogens is 2. The monoisotopic (exact) mass is 363 g/mol. The lowest BCUT2D eigenvalue weighted by Gasteiger charge is -2.10. The number of fused-ring (bicyclic) bond motifs is 1. The molecule has 0 bridgehead atoms. The minimum Gasteiger partial charge on any atom is -0.494 e. The van der Waals surface area contributed by atoms with Crippen LogP contribution in [-0.4, -0.2) is 29.0 Å². The van der Waals surface area contributed by atoms with Gasteiger partial charge in [0.05, 0.1) is 29.0 Å². The summed E-state index contributed by atoms with van der Waals surface area (Å²) in [6, 6.07) is 13.5. The van der Waals surface area contributed by atoms with Gasteiger partial charge in [-0.1, -0.05) is 18.2 Å². The first-order valence-corrected chi connectivity index (χ1v) is 9.32. The summed E-state index contributed by atoms with van der Waals surface area (Å²) in [6.07, 6.45) is 1.71. The average molecular weight is 363 g/mol. The lowest BCUT2D eigenvalue weighted by molar-refractivity contribution is 0.0953. The number of carbonyl (C=O) groups is 1. The van der Waals surface area contributed by atoms with Gasteiger partial charge in [-0.05, 0) is 63.4 Å². The van der Waals surface area contributed by atoms with E-state index in [0.29, 0.717) is 18.7 Å². The molecular formula is C22H25N3O2. The van der Waals surface area contributed by atoms with E-state index < -0.39 is 0 Å². The van der Waals surface area contributed by atoms with Gasteiger partial charge in [-0.25, -0.2) is 9.97 Å². The molecule has 0 fully saturated rings. The summed E-state index contributed by atoms with van der Waals surface area (Å²) in [5.74, 6) is 0.833. The van der Waals surface area contributed by atoms with E-state index in [9.17, 15) is 4.79 Å². The Hall–Kier alpha value is -2.95. The van der Waals surface area contributed by atoms with Crippen LogP contribution in [0.2, 0.25) is 0 Å². The first-order chi connectivity index (χ1) is 13.1. The molecule has 1 amide bonds. The Balaban J connectivity index is 1.58. The highest BCUT2D eigenvalue weighted by Crippen LogP contribution is 2.19. The smallest absolute Gasteiger partial charge is 0.251 e. The van der Waals surface area contributed by atoms with E-state index in [1.165, 1.54) is 5.56 Å². The van der Waals surface area contributed by atoms with Gasteiger partial charge in [0.15, 0.2) is 0 Å². The third-order valence-corrected chi connectivity index (χ3v) is 4.52. The van der Waals surface area contributed by atoms with Crippen LogP contribution < -0.4 is 10.1 Å². The number of benzene rings is 2. The standard InChI is InChI=1S/C22H25N3O2/c1-4-27-21-10-6-5-8-17(21)9-7-13-23-22(26)18-11-12-19-20(14-18)25-16(3)15(2)24-19/h5-6,8,10-12,14H,4,7,9,13H2,1-3H3,(H,23,26). The summed E-state index contributed by atoms with van der Waals surface area (Å²) in [7, 11) is 0. The Morgan fingerprint density at radius 1 is 1.04 bits per heavy atom. The first kappa shape index (κ1) is 18.8. The van der Waals surface area contributed by atoms with Gasteiger partial charge in [0.25, 0.3) is 5.91 Å². The zero-order valence-corrected chi connectivity index (χ0v) is 16.1. The number of carbonyl (C=O) groups excluding carboxylic acids is 1. The summed E-state index contributed by atoms with van der Waals surface area (Å²) >= 11 is 0. The minimum atomic E-state index is -0.0879. The van der Waals surface area contributed by atoms with E-state index >= 15 is 0 Å². The third kappa shape index (κ3) is 4.61. The van der Waals surface area contributed by atoms with Crippen LogP contribution in [0.3, 0.4) is 0 Å². The molecule has 0 saturated carbocycles. The lowest BCUT2D eigenvalue weighted by Crippen LogP contribution is -2.24. The van der Waals surface area contributed by atoms with Gasteiger partial charge >= 0.3 is 0 Å². The molecule has 0 aliphatic heterocycles. The van der Waals surface area contributed by atoms with Gasteiger partial charge in [0.1, 0.15) is 5.75 Å². The van der Waals surface area contributed by atoms with E-state index in [4.69, 9.17) is 4.74 Å². The number of ether oxygens (including phenoxy) is 1. The Morgan fingerprint density at radius 2 is 1.78 bits per heavy atom. The van der Waals surface area contributed by atoms with Gasteiger partial charge in [-0.15, -0.1) is 0 Å². The number of nitrogens with zero attached hydrogens (tertiary/aromatic N) is 2. The molecule has 1 N–H and O–H groups in total. The third-order valence-electron chi connectivity index (χ3n) is 4.52. The lowest BCUT2D eigenvalue weighted by atomic mass is 10.1. The van der Waals surface area contributed by atoms with E-state index in [1.54, 1.807) is 12.1 Å². The molecule has 0 spiro atoms. The molecular weight excluding hydrogens is 338 g/mol. The zero-order chi connectivity index (χ0) is 19.2. The molecule has 1 heterocycles. The van der Waals surface area contributed by atoms with Gasteiger partial charge in [0.2, 0.25) is 0 Å². The Bertz CT molecular complexity index is 953. The Kier molecular flexibility index (Phi) is 6.01. The number of rotatable bonds is 7. The predicted octanol–water partition coefficient (Wildman–Crippen LogP) is 4.01.